The van der Waals surface area contributed by atoms with Crippen LogP contribution >= 0.6 is 24.0 Å². The van der Waals surface area contributed by atoms with E-state index in [4.69, 9.17) is 0 Å². The molecule has 114 valence electrons. The van der Waals surface area contributed by atoms with Crippen molar-refractivity contribution in [3.8, 4) is 0 Å². The van der Waals surface area contributed by atoms with Crippen molar-refractivity contribution >= 4 is 29.9 Å². The van der Waals surface area contributed by atoms with Crippen molar-refractivity contribution in [2.45, 2.75) is 40.0 Å². The minimum absolute atomic E-state index is 0. The minimum atomic E-state index is 0. The Morgan fingerprint density at radius 2 is 2.00 bits per heavy atom. The molecule has 0 heterocycles. The molecule has 0 spiro atoms. The number of hydrogen-bond acceptors (Lipinski definition) is 1. The SMILES string of the molecule is CCCNC(=NCC(C)c1cccc(C)c1)NCC.I. The van der Waals surface area contributed by atoms with E-state index in [1.54, 1.807) is 0 Å². The first-order valence-electron chi connectivity index (χ1n) is 7.26. The van der Waals surface area contributed by atoms with Gasteiger partial charge in [0.25, 0.3) is 0 Å². The largest absolute Gasteiger partial charge is 0.357 e. The molecule has 1 aromatic rings. The predicted octanol–water partition coefficient (Wildman–Crippen LogP) is 3.68. The Bertz CT molecular complexity index is 404. The molecule has 3 nitrogen and oxygen atoms in total. The third-order valence-corrected chi connectivity index (χ3v) is 3.02. The first kappa shape index (κ1) is 19.2. The maximum Gasteiger partial charge on any atom is 0.191 e. The molecular formula is C16H28IN3. The second kappa shape index (κ2) is 10.9. The molecule has 1 unspecified atom stereocenters. The fraction of sp³-hybridized carbons (Fsp3) is 0.562. The fourth-order valence-electron chi connectivity index (χ4n) is 1.90. The highest BCUT2D eigenvalue weighted by atomic mass is 127. The van der Waals surface area contributed by atoms with Crippen LogP contribution in [0.1, 0.15) is 44.2 Å². The summed E-state index contributed by atoms with van der Waals surface area (Å²) >= 11 is 0. The number of halogens is 1. The number of rotatable bonds is 6. The van der Waals surface area contributed by atoms with E-state index in [0.717, 1.165) is 32.0 Å². The normalized spacial score (nSPS) is 12.5. The van der Waals surface area contributed by atoms with Crippen molar-refractivity contribution in [3.05, 3.63) is 35.4 Å². The molecule has 2 N–H and O–H groups in total. The van der Waals surface area contributed by atoms with Crippen molar-refractivity contribution < 1.29 is 0 Å². The van der Waals surface area contributed by atoms with Crippen LogP contribution in [0.3, 0.4) is 0 Å². The Morgan fingerprint density at radius 3 is 2.60 bits per heavy atom. The topological polar surface area (TPSA) is 36.4 Å². The lowest BCUT2D eigenvalue weighted by Crippen LogP contribution is -2.37. The fourth-order valence-corrected chi connectivity index (χ4v) is 1.90. The molecule has 1 aromatic carbocycles. The zero-order valence-electron chi connectivity index (χ0n) is 13.1. The van der Waals surface area contributed by atoms with Crippen molar-refractivity contribution in [3.63, 3.8) is 0 Å². The van der Waals surface area contributed by atoms with Gasteiger partial charge in [-0.1, -0.05) is 43.7 Å². The number of nitrogens with zero attached hydrogens (tertiary/aromatic N) is 1. The molecule has 0 saturated carbocycles. The maximum atomic E-state index is 4.65. The standard InChI is InChI=1S/C16H27N3.HI/c1-5-10-18-16(17-6-2)19-12-14(4)15-9-7-8-13(3)11-15;/h7-9,11,14H,5-6,10,12H2,1-4H3,(H2,17,18,19);1H. The van der Waals surface area contributed by atoms with Crippen LogP contribution in [-0.4, -0.2) is 25.6 Å². The van der Waals surface area contributed by atoms with Crippen molar-refractivity contribution in [1.29, 1.82) is 0 Å². The van der Waals surface area contributed by atoms with Gasteiger partial charge in [0.1, 0.15) is 0 Å². The number of nitrogens with one attached hydrogen (secondary N) is 2. The van der Waals surface area contributed by atoms with Gasteiger partial charge in [-0.25, -0.2) is 0 Å². The van der Waals surface area contributed by atoms with Crippen LogP contribution in [0.25, 0.3) is 0 Å². The smallest absolute Gasteiger partial charge is 0.191 e. The van der Waals surface area contributed by atoms with Crippen LogP contribution in [-0.2, 0) is 0 Å². The molecule has 4 heteroatoms. The van der Waals surface area contributed by atoms with Crippen molar-refractivity contribution in [2.24, 2.45) is 4.99 Å². The van der Waals surface area contributed by atoms with E-state index in [0.29, 0.717) is 5.92 Å². The summed E-state index contributed by atoms with van der Waals surface area (Å²) in [6.45, 7) is 11.3. The molecule has 0 amide bonds. The van der Waals surface area contributed by atoms with Gasteiger partial charge in [-0.2, -0.15) is 0 Å². The molecule has 0 bridgehead atoms. The van der Waals surface area contributed by atoms with E-state index in [1.165, 1.54) is 11.1 Å². The van der Waals surface area contributed by atoms with Gasteiger partial charge in [0.15, 0.2) is 5.96 Å². The second-order valence-electron chi connectivity index (χ2n) is 4.96. The first-order chi connectivity index (χ1) is 9.17. The summed E-state index contributed by atoms with van der Waals surface area (Å²) < 4.78 is 0. The van der Waals surface area contributed by atoms with E-state index in [9.17, 15) is 0 Å². The minimum Gasteiger partial charge on any atom is -0.357 e. The molecule has 1 rings (SSSR count). The number of guanidine groups is 1. The van der Waals surface area contributed by atoms with Crippen LogP contribution in [0, 0.1) is 6.92 Å². The molecule has 0 radical (unpaired) electrons. The summed E-state index contributed by atoms with van der Waals surface area (Å²) in [5, 5.41) is 6.60. The highest BCUT2D eigenvalue weighted by molar-refractivity contribution is 14.0. The van der Waals surface area contributed by atoms with Crippen LogP contribution in [0.2, 0.25) is 0 Å². The summed E-state index contributed by atoms with van der Waals surface area (Å²) in [5.74, 6) is 1.36. The number of aliphatic imine (C=N–C) groups is 1. The van der Waals surface area contributed by atoms with Gasteiger partial charge >= 0.3 is 0 Å². The van der Waals surface area contributed by atoms with E-state index in [2.05, 4.69) is 67.6 Å². The molecule has 0 saturated heterocycles. The maximum absolute atomic E-state index is 4.65. The lowest BCUT2D eigenvalue weighted by atomic mass is 10.00. The zero-order valence-corrected chi connectivity index (χ0v) is 15.4. The summed E-state index contributed by atoms with van der Waals surface area (Å²) in [6, 6.07) is 8.67. The molecule has 0 aromatic heterocycles. The Kier molecular flexibility index (Phi) is 10.5. The van der Waals surface area contributed by atoms with Crippen LogP contribution < -0.4 is 10.6 Å². The Labute approximate surface area is 140 Å². The molecule has 20 heavy (non-hydrogen) atoms. The van der Waals surface area contributed by atoms with Gasteiger partial charge in [-0.15, -0.1) is 24.0 Å². The highest BCUT2D eigenvalue weighted by Crippen LogP contribution is 2.16. The van der Waals surface area contributed by atoms with E-state index in [1.807, 2.05) is 0 Å². The third kappa shape index (κ3) is 7.12. The van der Waals surface area contributed by atoms with Gasteiger partial charge in [-0.3, -0.25) is 4.99 Å². The predicted molar refractivity (Wildman–Crippen MR) is 99.3 cm³/mol. The number of aryl methyl sites for hydroxylation is 1. The molecular weight excluding hydrogens is 361 g/mol. The Morgan fingerprint density at radius 1 is 1.25 bits per heavy atom. The third-order valence-electron chi connectivity index (χ3n) is 3.02. The quantitative estimate of drug-likeness (QED) is 0.443. The summed E-state index contributed by atoms with van der Waals surface area (Å²) in [6.07, 6.45) is 1.11. The van der Waals surface area contributed by atoms with Gasteiger partial charge in [0.2, 0.25) is 0 Å². The molecule has 1 atom stereocenters. The lowest BCUT2D eigenvalue weighted by molar-refractivity contribution is 0.741. The molecule has 0 aliphatic heterocycles. The van der Waals surface area contributed by atoms with Crippen LogP contribution in [0.4, 0.5) is 0 Å². The Hall–Kier alpha value is -0.780. The lowest BCUT2D eigenvalue weighted by Gasteiger charge is -2.13. The van der Waals surface area contributed by atoms with Gasteiger partial charge in [0, 0.05) is 25.6 Å². The first-order valence-corrected chi connectivity index (χ1v) is 7.26. The zero-order chi connectivity index (χ0) is 14.1. The molecule has 0 fully saturated rings. The monoisotopic (exact) mass is 389 g/mol. The highest BCUT2D eigenvalue weighted by Gasteiger charge is 2.05. The van der Waals surface area contributed by atoms with E-state index in [-0.39, 0.29) is 24.0 Å². The molecule has 0 aliphatic rings. The second-order valence-corrected chi connectivity index (χ2v) is 4.96. The van der Waals surface area contributed by atoms with Gasteiger partial charge in [0.05, 0.1) is 0 Å². The average Bonchev–Trinajstić information content (AvgIpc) is 2.41. The van der Waals surface area contributed by atoms with Crippen molar-refractivity contribution in [1.82, 2.24) is 10.6 Å². The van der Waals surface area contributed by atoms with E-state index >= 15 is 0 Å². The van der Waals surface area contributed by atoms with Gasteiger partial charge in [-0.05, 0) is 25.8 Å². The summed E-state index contributed by atoms with van der Waals surface area (Å²) in [7, 11) is 0. The summed E-state index contributed by atoms with van der Waals surface area (Å²) in [5.41, 5.74) is 2.67. The van der Waals surface area contributed by atoms with Gasteiger partial charge < -0.3 is 10.6 Å². The average molecular weight is 389 g/mol. The molecule has 0 aliphatic carbocycles. The number of benzene rings is 1. The number of hydrogen-bond donors (Lipinski definition) is 2. The van der Waals surface area contributed by atoms with Crippen LogP contribution in [0.15, 0.2) is 29.3 Å². The van der Waals surface area contributed by atoms with E-state index < -0.39 is 0 Å². The summed E-state index contributed by atoms with van der Waals surface area (Å²) in [4.78, 5) is 4.65. The van der Waals surface area contributed by atoms with Crippen LogP contribution in [0.5, 0.6) is 0 Å². The Balaban J connectivity index is 0.00000361. The van der Waals surface area contributed by atoms with Crippen molar-refractivity contribution in [2.75, 3.05) is 19.6 Å².